The largest absolute Gasteiger partial charge is 0.508 e. The van der Waals surface area contributed by atoms with E-state index >= 15 is 0 Å². The van der Waals surface area contributed by atoms with E-state index in [0.717, 1.165) is 11.1 Å². The molecule has 0 unspecified atom stereocenters. The van der Waals surface area contributed by atoms with Gasteiger partial charge in [0.2, 0.25) is 9.05 Å². The lowest BCUT2D eigenvalue weighted by Gasteiger charge is -2.13. The Hall–Kier alpha value is -0.740. The van der Waals surface area contributed by atoms with Crippen LogP contribution in [-0.2, 0) is 14.8 Å². The summed E-state index contributed by atoms with van der Waals surface area (Å²) in [6, 6.07) is 3.28. The zero-order chi connectivity index (χ0) is 12.5. The van der Waals surface area contributed by atoms with Crippen LogP contribution in [0.4, 0.5) is 0 Å². The van der Waals surface area contributed by atoms with Gasteiger partial charge in [0.15, 0.2) is 0 Å². The van der Waals surface area contributed by atoms with Gasteiger partial charge in [0.25, 0.3) is 0 Å². The monoisotopic (exact) mass is 262 g/mol. The highest BCUT2D eigenvalue weighted by Crippen LogP contribution is 2.28. The van der Waals surface area contributed by atoms with Crippen LogP contribution in [0.25, 0.3) is 0 Å². The molecule has 0 aliphatic heterocycles. The molecule has 1 aromatic carbocycles. The van der Waals surface area contributed by atoms with Crippen molar-refractivity contribution in [2.75, 3.05) is 0 Å². The van der Waals surface area contributed by atoms with Crippen LogP contribution < -0.4 is 0 Å². The Morgan fingerprint density at radius 3 is 2.38 bits per heavy atom. The summed E-state index contributed by atoms with van der Waals surface area (Å²) >= 11 is 0. The van der Waals surface area contributed by atoms with Gasteiger partial charge >= 0.3 is 0 Å². The number of aromatic hydroxyl groups is 1. The summed E-state index contributed by atoms with van der Waals surface area (Å²) in [5.41, 5.74) is 2.32. The Morgan fingerprint density at radius 2 is 1.94 bits per heavy atom. The van der Waals surface area contributed by atoms with E-state index < -0.39 is 9.05 Å². The first-order valence-corrected chi connectivity index (χ1v) is 7.43. The number of phenolic OH excluding ortho intramolecular Hbond substituents is 1. The van der Waals surface area contributed by atoms with E-state index in [1.807, 2.05) is 20.8 Å². The molecule has 0 atom stereocenters. The van der Waals surface area contributed by atoms with Gasteiger partial charge in [-0.05, 0) is 30.0 Å². The third-order valence-corrected chi connectivity index (χ3v) is 3.40. The smallest absolute Gasteiger partial charge is 0.236 e. The number of rotatable bonds is 3. The summed E-state index contributed by atoms with van der Waals surface area (Å²) < 4.78 is 21.9. The van der Waals surface area contributed by atoms with Crippen LogP contribution in [-0.4, -0.2) is 13.5 Å². The molecule has 1 rings (SSSR count). The molecule has 0 saturated heterocycles. The molecule has 0 aliphatic rings. The minimum absolute atomic E-state index is 0.0221. The van der Waals surface area contributed by atoms with E-state index in [1.165, 1.54) is 0 Å². The van der Waals surface area contributed by atoms with Gasteiger partial charge in [-0.3, -0.25) is 0 Å². The number of hydrogen-bond donors (Lipinski definition) is 1. The molecule has 0 aliphatic carbocycles. The average Bonchev–Trinajstić information content (AvgIpc) is 2.07. The first-order chi connectivity index (χ1) is 7.20. The third-order valence-electron chi connectivity index (χ3n) is 2.42. The lowest BCUT2D eigenvalue weighted by atomic mass is 9.95. The fourth-order valence-corrected chi connectivity index (χ4v) is 2.64. The van der Waals surface area contributed by atoms with Crippen molar-refractivity contribution in [2.24, 2.45) is 0 Å². The van der Waals surface area contributed by atoms with Gasteiger partial charge < -0.3 is 5.11 Å². The molecule has 90 valence electrons. The van der Waals surface area contributed by atoms with Crippen LogP contribution in [0.2, 0.25) is 0 Å². The molecule has 16 heavy (non-hydrogen) atoms. The maximum absolute atomic E-state index is 11.0. The maximum Gasteiger partial charge on any atom is 0.236 e. The summed E-state index contributed by atoms with van der Waals surface area (Å²) in [6.45, 7) is 5.91. The number of benzene rings is 1. The molecule has 0 amide bonds. The summed E-state index contributed by atoms with van der Waals surface area (Å²) in [6.07, 6.45) is 0. The Kier molecular flexibility index (Phi) is 3.86. The minimum atomic E-state index is -3.64. The summed E-state index contributed by atoms with van der Waals surface area (Å²) in [5, 5.41) is 9.64. The normalized spacial score (nSPS) is 12.1. The topological polar surface area (TPSA) is 54.4 Å². The SMILES string of the molecule is Cc1cc(O)c(CS(=O)(=O)Cl)cc1C(C)C. The van der Waals surface area contributed by atoms with E-state index in [9.17, 15) is 13.5 Å². The molecule has 3 nitrogen and oxygen atoms in total. The van der Waals surface area contributed by atoms with Crippen molar-refractivity contribution in [3.8, 4) is 5.75 Å². The van der Waals surface area contributed by atoms with E-state index in [0.29, 0.717) is 5.56 Å². The lowest BCUT2D eigenvalue weighted by molar-refractivity contribution is 0.469. The van der Waals surface area contributed by atoms with Crippen molar-refractivity contribution in [3.63, 3.8) is 0 Å². The van der Waals surface area contributed by atoms with Gasteiger partial charge in [0.05, 0.1) is 5.75 Å². The maximum atomic E-state index is 11.0. The van der Waals surface area contributed by atoms with Crippen molar-refractivity contribution in [1.82, 2.24) is 0 Å². The average molecular weight is 263 g/mol. The third kappa shape index (κ3) is 3.39. The zero-order valence-corrected chi connectivity index (χ0v) is 11.1. The molecule has 0 bridgehead atoms. The van der Waals surface area contributed by atoms with Crippen molar-refractivity contribution >= 4 is 19.7 Å². The minimum Gasteiger partial charge on any atom is -0.508 e. The molecule has 0 fully saturated rings. The fourth-order valence-electron chi connectivity index (χ4n) is 1.68. The molecule has 1 N–H and O–H groups in total. The van der Waals surface area contributed by atoms with Crippen LogP contribution in [0.3, 0.4) is 0 Å². The molecule has 0 saturated carbocycles. The van der Waals surface area contributed by atoms with Gasteiger partial charge in [0.1, 0.15) is 5.75 Å². The predicted molar refractivity (Wildman–Crippen MR) is 65.4 cm³/mol. The second-order valence-corrected chi connectivity index (χ2v) is 6.95. The van der Waals surface area contributed by atoms with Gasteiger partial charge in [-0.15, -0.1) is 0 Å². The molecular formula is C11H15ClO3S. The van der Waals surface area contributed by atoms with E-state index in [2.05, 4.69) is 0 Å². The second kappa shape index (κ2) is 4.63. The predicted octanol–water partition coefficient (Wildman–Crippen LogP) is 2.89. The Labute approximate surface area is 100 Å². The zero-order valence-electron chi connectivity index (χ0n) is 9.49. The highest BCUT2D eigenvalue weighted by atomic mass is 35.7. The second-order valence-electron chi connectivity index (χ2n) is 4.18. The fraction of sp³-hybridized carbons (Fsp3) is 0.455. The van der Waals surface area contributed by atoms with Gasteiger partial charge in [-0.25, -0.2) is 8.42 Å². The van der Waals surface area contributed by atoms with Crippen LogP contribution in [0.1, 0.15) is 36.5 Å². The highest BCUT2D eigenvalue weighted by Gasteiger charge is 2.14. The van der Waals surface area contributed by atoms with E-state index in [4.69, 9.17) is 10.7 Å². The van der Waals surface area contributed by atoms with Crippen molar-refractivity contribution < 1.29 is 13.5 Å². The van der Waals surface area contributed by atoms with Gasteiger partial charge in [0, 0.05) is 16.2 Å². The quantitative estimate of drug-likeness (QED) is 0.852. The Bertz CT molecular complexity index is 492. The first kappa shape index (κ1) is 13.3. The lowest BCUT2D eigenvalue weighted by Crippen LogP contribution is -2.00. The molecule has 1 aromatic rings. The van der Waals surface area contributed by atoms with Crippen LogP contribution in [0, 0.1) is 6.92 Å². The molecule has 0 radical (unpaired) electrons. The standard InChI is InChI=1S/C11H15ClO3S/c1-7(2)10-5-9(6-16(12,14)15)11(13)4-8(10)3/h4-5,7,13H,6H2,1-3H3. The molecule has 0 aromatic heterocycles. The first-order valence-electron chi connectivity index (χ1n) is 4.95. The van der Waals surface area contributed by atoms with Crippen molar-refractivity contribution in [3.05, 3.63) is 28.8 Å². The summed E-state index contributed by atoms with van der Waals surface area (Å²) in [7, 11) is 1.53. The number of hydrogen-bond acceptors (Lipinski definition) is 3. The van der Waals surface area contributed by atoms with E-state index in [-0.39, 0.29) is 17.4 Å². The Balaban J connectivity index is 3.25. The van der Waals surface area contributed by atoms with E-state index in [1.54, 1.807) is 12.1 Å². The molecule has 0 heterocycles. The van der Waals surface area contributed by atoms with Crippen LogP contribution >= 0.6 is 10.7 Å². The summed E-state index contributed by atoms with van der Waals surface area (Å²) in [4.78, 5) is 0. The number of phenols is 1. The molecule has 0 spiro atoms. The molecular weight excluding hydrogens is 248 g/mol. The van der Waals surface area contributed by atoms with Crippen LogP contribution in [0.15, 0.2) is 12.1 Å². The van der Waals surface area contributed by atoms with Crippen molar-refractivity contribution in [2.45, 2.75) is 32.4 Å². The summed E-state index contributed by atoms with van der Waals surface area (Å²) in [5.74, 6) is -0.0936. The highest BCUT2D eigenvalue weighted by molar-refractivity contribution is 8.13. The Morgan fingerprint density at radius 1 is 1.38 bits per heavy atom. The number of halogens is 1. The number of aryl methyl sites for hydroxylation is 1. The van der Waals surface area contributed by atoms with Gasteiger partial charge in [-0.2, -0.15) is 0 Å². The van der Waals surface area contributed by atoms with Crippen LogP contribution in [0.5, 0.6) is 5.75 Å². The molecule has 5 heteroatoms. The van der Waals surface area contributed by atoms with Gasteiger partial charge in [-0.1, -0.05) is 19.9 Å². The van der Waals surface area contributed by atoms with Crippen molar-refractivity contribution in [1.29, 1.82) is 0 Å².